The second-order valence-electron chi connectivity index (χ2n) is 31.4. The van der Waals surface area contributed by atoms with Crippen LogP contribution in [-0.4, -0.2) is 13.3 Å². The Balaban J connectivity index is 0.762. The van der Waals surface area contributed by atoms with E-state index in [9.17, 15) is 0 Å². The Kier molecular flexibility index (Phi) is 20.9. The molecule has 0 aliphatic heterocycles. The first kappa shape index (κ1) is 74.7. The Morgan fingerprint density at radius 1 is 0.140 bits per heavy atom. The Morgan fingerprint density at radius 2 is 0.314 bits per heavy atom. The molecule has 20 aromatic rings. The fourth-order valence-corrected chi connectivity index (χ4v) is 27.8. The molecule has 20 rings (SSSR count). The van der Waals surface area contributed by atoms with Crippen LogP contribution in [0.25, 0.3) is 134 Å². The number of fused-ring (bicyclic) bond motifs is 4. The van der Waals surface area contributed by atoms with E-state index >= 15 is 0 Å². The van der Waals surface area contributed by atoms with Crippen LogP contribution in [0.5, 0.6) is 0 Å². The number of benzene rings is 20. The fourth-order valence-electron chi connectivity index (χ4n) is 18.0. The third kappa shape index (κ3) is 15.4. The van der Waals surface area contributed by atoms with Crippen molar-refractivity contribution < 1.29 is 0 Å². The number of hydrogen-bond donors (Lipinski definition) is 0. The summed E-state index contributed by atoms with van der Waals surface area (Å²) in [5, 5.41) is 9.94. The molecule has 0 aromatic heterocycles. The average Bonchev–Trinajstić information content (AvgIpc) is 0.725. The van der Waals surface area contributed by atoms with Gasteiger partial charge in [0.1, 0.15) is 0 Å². The minimum atomic E-state index is -4.34. The van der Waals surface area contributed by atoms with E-state index in [1.807, 2.05) is 0 Å². The summed E-state index contributed by atoms with van der Waals surface area (Å²) < 4.78 is 5.24. The van der Waals surface area contributed by atoms with Crippen LogP contribution in [0.2, 0.25) is 0 Å². The van der Waals surface area contributed by atoms with E-state index in [4.69, 9.17) is 0 Å². The zero-order chi connectivity index (χ0) is 80.7. The van der Waals surface area contributed by atoms with E-state index in [0.29, 0.717) is 0 Å². The second kappa shape index (κ2) is 33.9. The Bertz CT molecular complexity index is 6320. The van der Waals surface area contributed by atoms with Gasteiger partial charge in [-0.2, -0.15) is 0 Å². The summed E-state index contributed by atoms with van der Waals surface area (Å²) in [7, 11) is 0. The molecule has 0 unspecified atom stereocenters. The fraction of sp³-hybridized carbons (Fsp3) is 0. The molecule has 0 aliphatic carbocycles. The van der Waals surface area contributed by atoms with Crippen LogP contribution in [0, 0.1) is 0 Å². The second-order valence-corrected chi connectivity index (χ2v) is 39.3. The SMILES string of the molecule is C(=C(c1ccccc1)c1cc[c]([Ge]([c]2ccc(C(=Cc3ccc(-c4cccc5ccccc45)cc3)c3ccccc3)cc2)([c]2ccc(C(=Cc3ccc(-c4cccc5ccccc45)cc3)c3ccccc3)cc2)[c]2ccc(C(=Cc3ccc(-c4cccc5ccccc45)cc3)c3ccccc3)cc2)cc1)c1ccc(-c2cccc3ccccc23)cc1. The van der Waals surface area contributed by atoms with E-state index in [1.165, 1.54) is 105 Å². The van der Waals surface area contributed by atoms with Crippen LogP contribution in [-0.2, 0) is 0 Å². The van der Waals surface area contributed by atoms with E-state index in [2.05, 4.69) is 510 Å². The molecule has 0 saturated carbocycles. The van der Waals surface area contributed by atoms with Crippen molar-refractivity contribution in [1.82, 2.24) is 0 Å². The zero-order valence-corrected chi connectivity index (χ0v) is 69.1. The van der Waals surface area contributed by atoms with Gasteiger partial charge in [0.25, 0.3) is 0 Å². The molecule has 0 N–H and O–H groups in total. The van der Waals surface area contributed by atoms with Gasteiger partial charge >= 0.3 is 550 Å². The van der Waals surface area contributed by atoms with Crippen LogP contribution in [0.1, 0.15) is 66.8 Å². The van der Waals surface area contributed by atoms with Crippen molar-refractivity contribution in [3.8, 4) is 44.5 Å². The summed E-state index contributed by atoms with van der Waals surface area (Å²) in [6.45, 7) is 0. The molecular weight excluding hydrogens is 1510 g/mol. The van der Waals surface area contributed by atoms with Crippen molar-refractivity contribution in [2.75, 3.05) is 0 Å². The van der Waals surface area contributed by atoms with Gasteiger partial charge in [0.2, 0.25) is 0 Å². The Morgan fingerprint density at radius 3 is 0.521 bits per heavy atom. The van der Waals surface area contributed by atoms with Crippen molar-refractivity contribution in [2.24, 2.45) is 0 Å². The van der Waals surface area contributed by atoms with Crippen molar-refractivity contribution in [1.29, 1.82) is 0 Å². The van der Waals surface area contributed by atoms with Crippen LogP contribution in [0.15, 0.2) is 485 Å². The van der Waals surface area contributed by atoms with Crippen LogP contribution in [0.3, 0.4) is 0 Å². The van der Waals surface area contributed by atoms with Gasteiger partial charge in [-0.1, -0.05) is 146 Å². The van der Waals surface area contributed by atoms with Crippen molar-refractivity contribution in [2.45, 2.75) is 0 Å². The first-order valence-electron chi connectivity index (χ1n) is 41.8. The monoisotopic (exact) mass is 1600 g/mol. The summed E-state index contributed by atoms with van der Waals surface area (Å²) in [4.78, 5) is 0. The molecule has 121 heavy (non-hydrogen) atoms. The van der Waals surface area contributed by atoms with Gasteiger partial charge < -0.3 is 0 Å². The number of hydrogen-bond acceptors (Lipinski definition) is 0. The molecule has 0 fully saturated rings. The quantitative estimate of drug-likeness (QED) is 0.0527. The minimum absolute atomic E-state index is 1.13. The molecule has 0 heterocycles. The van der Waals surface area contributed by atoms with Crippen molar-refractivity contribution >= 4 is 121 Å². The van der Waals surface area contributed by atoms with Crippen LogP contribution >= 0.6 is 0 Å². The third-order valence-electron chi connectivity index (χ3n) is 24.1. The van der Waals surface area contributed by atoms with Gasteiger partial charge in [0, 0.05) is 0 Å². The zero-order valence-electron chi connectivity index (χ0n) is 67.0. The summed E-state index contributed by atoms with van der Waals surface area (Å²) in [6, 6.07) is 180. The summed E-state index contributed by atoms with van der Waals surface area (Å²) >= 11 is -4.34. The molecule has 20 aromatic carbocycles. The van der Waals surface area contributed by atoms with Gasteiger partial charge in [0.15, 0.2) is 0 Å². The maximum absolute atomic E-state index is 4.34. The number of rotatable bonds is 20. The summed E-state index contributed by atoms with van der Waals surface area (Å²) in [5.41, 5.74) is 27.9. The molecule has 1 heteroatoms. The summed E-state index contributed by atoms with van der Waals surface area (Å²) in [6.07, 6.45) is 9.48. The van der Waals surface area contributed by atoms with Gasteiger partial charge in [-0.15, -0.1) is 0 Å². The molecule has 0 aliphatic rings. The van der Waals surface area contributed by atoms with Crippen LogP contribution in [0.4, 0.5) is 0 Å². The topological polar surface area (TPSA) is 0 Å². The van der Waals surface area contributed by atoms with Crippen molar-refractivity contribution in [3.63, 3.8) is 0 Å². The molecule has 0 amide bonds. The predicted molar refractivity (Wildman–Crippen MR) is 521 cm³/mol. The van der Waals surface area contributed by atoms with Gasteiger partial charge in [-0.25, -0.2) is 0 Å². The van der Waals surface area contributed by atoms with Crippen molar-refractivity contribution in [3.05, 3.63) is 552 Å². The van der Waals surface area contributed by atoms with Gasteiger partial charge in [-0.3, -0.25) is 0 Å². The first-order chi connectivity index (χ1) is 59.9. The molecular formula is C120H84Ge. The molecule has 0 atom stereocenters. The first-order valence-corrected chi connectivity index (χ1v) is 46.0. The molecule has 568 valence electrons. The van der Waals surface area contributed by atoms with Gasteiger partial charge in [-0.05, 0) is 21.5 Å². The summed E-state index contributed by atoms with van der Waals surface area (Å²) in [5.74, 6) is 0. The van der Waals surface area contributed by atoms with Gasteiger partial charge in [0.05, 0.1) is 0 Å². The Hall–Kier alpha value is -15.1. The molecule has 0 radical (unpaired) electrons. The molecule has 0 saturated heterocycles. The third-order valence-corrected chi connectivity index (χ3v) is 34.2. The van der Waals surface area contributed by atoms with Crippen LogP contribution < -0.4 is 17.6 Å². The maximum atomic E-state index is 2.48. The van der Waals surface area contributed by atoms with E-state index in [1.54, 1.807) is 0 Å². The standard InChI is InChI=1S/C120H84Ge/c1-5-25-93(26-6-1)117(81-85-49-57-97(58-50-85)113-45-21-37-89-33-13-17-41-109(89)113)101-65-73-105(74-66-101)121(106-75-67-102(68-76-106)118(94-27-7-2-8-28-94)82-86-51-59-98(60-52-86)114-46-22-38-90-34-14-18-42-110(90)114,107-77-69-103(70-78-107)119(95-29-9-3-10-30-95)83-87-53-61-99(62-54-87)115-47-23-39-91-35-15-19-43-111(91)115)108-79-71-104(72-80-108)120(96-31-11-4-12-32-96)84-88-55-63-100(64-56-88)116-48-24-40-92-36-16-20-44-112(92)116/h1-84H. The van der Waals surface area contributed by atoms with E-state index < -0.39 is 13.3 Å². The van der Waals surface area contributed by atoms with E-state index in [-0.39, 0.29) is 0 Å². The Labute approximate surface area is 711 Å². The normalized spacial score (nSPS) is 12.6. The molecule has 0 bridgehead atoms. The van der Waals surface area contributed by atoms with E-state index in [0.717, 1.165) is 89.1 Å². The molecule has 0 spiro atoms. The predicted octanol–water partition coefficient (Wildman–Crippen LogP) is 28.7. The molecule has 0 nitrogen and oxygen atoms in total. The average molecular weight is 1600 g/mol.